The summed E-state index contributed by atoms with van der Waals surface area (Å²) in [7, 11) is 1.60. The highest BCUT2D eigenvalue weighted by Gasteiger charge is 2.09. The highest BCUT2D eigenvalue weighted by Crippen LogP contribution is 2.20. The van der Waals surface area contributed by atoms with Crippen LogP contribution in [0.3, 0.4) is 0 Å². The first kappa shape index (κ1) is 16.2. The molecule has 1 aromatic carbocycles. The average molecular weight is 307 g/mol. The third-order valence-electron chi connectivity index (χ3n) is 3.27. The number of nitriles is 1. The third-order valence-corrected chi connectivity index (χ3v) is 3.27. The molecule has 5 heteroatoms. The van der Waals surface area contributed by atoms with Crippen LogP contribution in [0.5, 0.6) is 5.75 Å². The molecule has 0 bridgehead atoms. The lowest BCUT2D eigenvalue weighted by atomic mass is 10.1. The first-order valence-corrected chi connectivity index (χ1v) is 7.07. The fourth-order valence-corrected chi connectivity index (χ4v) is 2.09. The maximum Gasteiger partial charge on any atom is 0.262 e. The van der Waals surface area contributed by atoms with Gasteiger partial charge in [-0.3, -0.25) is 9.78 Å². The lowest BCUT2D eigenvalue weighted by Gasteiger charge is -2.06. The van der Waals surface area contributed by atoms with Crippen LogP contribution >= 0.6 is 0 Å². The quantitative estimate of drug-likeness (QED) is 0.680. The largest absolute Gasteiger partial charge is 0.496 e. The number of hydrogen-bond donors (Lipinski definition) is 1. The van der Waals surface area contributed by atoms with Crippen molar-refractivity contribution >= 4 is 12.0 Å². The smallest absolute Gasteiger partial charge is 0.262 e. The van der Waals surface area contributed by atoms with Crippen LogP contribution in [0, 0.1) is 18.3 Å². The highest BCUT2D eigenvalue weighted by molar-refractivity contribution is 6.01. The lowest BCUT2D eigenvalue weighted by Crippen LogP contribution is -2.24. The zero-order chi connectivity index (χ0) is 16.7. The number of amides is 1. The van der Waals surface area contributed by atoms with Gasteiger partial charge in [-0.05, 0) is 47.9 Å². The molecule has 2 aromatic rings. The van der Waals surface area contributed by atoms with E-state index in [2.05, 4.69) is 10.3 Å². The van der Waals surface area contributed by atoms with E-state index in [1.54, 1.807) is 37.7 Å². The Kier molecular flexibility index (Phi) is 5.48. The van der Waals surface area contributed by atoms with Gasteiger partial charge in [-0.25, -0.2) is 0 Å². The summed E-state index contributed by atoms with van der Waals surface area (Å²) in [6.45, 7) is 2.23. The molecule has 5 nitrogen and oxygen atoms in total. The van der Waals surface area contributed by atoms with E-state index in [9.17, 15) is 10.1 Å². The number of aromatic nitrogens is 1. The minimum Gasteiger partial charge on any atom is -0.496 e. The van der Waals surface area contributed by atoms with Gasteiger partial charge in [0, 0.05) is 18.9 Å². The molecular weight excluding hydrogens is 290 g/mol. The minimum atomic E-state index is -0.412. The summed E-state index contributed by atoms with van der Waals surface area (Å²) in [6, 6.07) is 11.1. The number of methoxy groups -OCH3 is 1. The van der Waals surface area contributed by atoms with Crippen molar-refractivity contribution in [3.8, 4) is 11.8 Å². The van der Waals surface area contributed by atoms with Crippen LogP contribution in [0.25, 0.3) is 6.08 Å². The fourth-order valence-electron chi connectivity index (χ4n) is 2.09. The van der Waals surface area contributed by atoms with Crippen molar-refractivity contribution in [3.05, 3.63) is 65.0 Å². The number of nitrogens with zero attached hydrogens (tertiary/aromatic N) is 2. The van der Waals surface area contributed by atoms with Crippen LogP contribution in [-0.2, 0) is 11.3 Å². The molecule has 0 atom stereocenters. The SMILES string of the molecule is COc1ccc(/C=C(\C#N)C(=O)NCc2cccnc2)cc1C. The van der Waals surface area contributed by atoms with Gasteiger partial charge in [-0.2, -0.15) is 5.26 Å². The highest BCUT2D eigenvalue weighted by atomic mass is 16.5. The number of carbonyl (C=O) groups is 1. The second-order valence-electron chi connectivity index (χ2n) is 4.94. The van der Waals surface area contributed by atoms with Crippen LogP contribution in [0.15, 0.2) is 48.3 Å². The first-order chi connectivity index (χ1) is 11.1. The summed E-state index contributed by atoms with van der Waals surface area (Å²) in [4.78, 5) is 16.1. The van der Waals surface area contributed by atoms with E-state index >= 15 is 0 Å². The average Bonchev–Trinajstić information content (AvgIpc) is 2.58. The van der Waals surface area contributed by atoms with Gasteiger partial charge in [-0.1, -0.05) is 12.1 Å². The van der Waals surface area contributed by atoms with E-state index in [-0.39, 0.29) is 5.57 Å². The maximum absolute atomic E-state index is 12.1. The van der Waals surface area contributed by atoms with Gasteiger partial charge in [0.05, 0.1) is 7.11 Å². The van der Waals surface area contributed by atoms with Gasteiger partial charge in [0.15, 0.2) is 0 Å². The second-order valence-corrected chi connectivity index (χ2v) is 4.94. The first-order valence-electron chi connectivity index (χ1n) is 7.07. The van der Waals surface area contributed by atoms with E-state index in [4.69, 9.17) is 4.74 Å². The molecule has 116 valence electrons. The zero-order valence-electron chi connectivity index (χ0n) is 13.0. The van der Waals surface area contributed by atoms with Gasteiger partial charge in [0.1, 0.15) is 17.4 Å². The predicted octanol–water partition coefficient (Wildman–Crippen LogP) is 2.62. The number of ether oxygens (including phenoxy) is 1. The van der Waals surface area contributed by atoms with Gasteiger partial charge in [0.25, 0.3) is 5.91 Å². The monoisotopic (exact) mass is 307 g/mol. The van der Waals surface area contributed by atoms with Crippen molar-refractivity contribution in [2.75, 3.05) is 7.11 Å². The van der Waals surface area contributed by atoms with Gasteiger partial charge in [-0.15, -0.1) is 0 Å². The summed E-state index contributed by atoms with van der Waals surface area (Å²) in [5.74, 6) is 0.353. The summed E-state index contributed by atoms with van der Waals surface area (Å²) in [5.41, 5.74) is 2.64. The van der Waals surface area contributed by atoms with Gasteiger partial charge in [0.2, 0.25) is 0 Å². The number of hydrogen-bond acceptors (Lipinski definition) is 4. The molecule has 0 aliphatic carbocycles. The molecule has 0 radical (unpaired) electrons. The van der Waals surface area contributed by atoms with Crippen molar-refractivity contribution in [3.63, 3.8) is 0 Å². The predicted molar refractivity (Wildman–Crippen MR) is 87.4 cm³/mol. The maximum atomic E-state index is 12.1. The molecule has 1 amide bonds. The number of pyridine rings is 1. The Balaban J connectivity index is 2.10. The van der Waals surface area contributed by atoms with E-state index < -0.39 is 5.91 Å². The Morgan fingerprint density at radius 3 is 2.87 bits per heavy atom. The Morgan fingerprint density at radius 1 is 1.43 bits per heavy atom. The van der Waals surface area contributed by atoms with E-state index in [1.165, 1.54) is 0 Å². The molecule has 0 fully saturated rings. The van der Waals surface area contributed by atoms with Crippen LogP contribution < -0.4 is 10.1 Å². The Labute approximate surface area is 135 Å². The van der Waals surface area contributed by atoms with Crippen molar-refractivity contribution < 1.29 is 9.53 Å². The van der Waals surface area contributed by atoms with Crippen molar-refractivity contribution in [1.29, 1.82) is 5.26 Å². The molecule has 0 spiro atoms. The summed E-state index contributed by atoms with van der Waals surface area (Å²) < 4.78 is 5.20. The number of carbonyl (C=O) groups excluding carboxylic acids is 1. The van der Waals surface area contributed by atoms with Crippen molar-refractivity contribution in [2.45, 2.75) is 13.5 Å². The molecule has 0 unspecified atom stereocenters. The number of rotatable bonds is 5. The number of aryl methyl sites for hydroxylation is 1. The molecule has 0 aliphatic heterocycles. The van der Waals surface area contributed by atoms with E-state index in [1.807, 2.05) is 31.2 Å². The molecule has 0 aliphatic rings. The molecule has 2 rings (SSSR count). The molecule has 0 saturated heterocycles. The van der Waals surface area contributed by atoms with Gasteiger partial charge < -0.3 is 10.1 Å². The minimum absolute atomic E-state index is 0.0541. The number of benzene rings is 1. The molecule has 1 N–H and O–H groups in total. The summed E-state index contributed by atoms with van der Waals surface area (Å²) in [6.07, 6.45) is 4.89. The van der Waals surface area contributed by atoms with Crippen molar-refractivity contribution in [1.82, 2.24) is 10.3 Å². The fraction of sp³-hybridized carbons (Fsp3) is 0.167. The van der Waals surface area contributed by atoms with Crippen molar-refractivity contribution in [2.24, 2.45) is 0 Å². The van der Waals surface area contributed by atoms with Crippen LogP contribution in [0.4, 0.5) is 0 Å². The van der Waals surface area contributed by atoms with Crippen LogP contribution in [-0.4, -0.2) is 18.0 Å². The van der Waals surface area contributed by atoms with E-state index in [0.29, 0.717) is 6.54 Å². The lowest BCUT2D eigenvalue weighted by molar-refractivity contribution is -0.117. The molecule has 1 aromatic heterocycles. The molecule has 0 saturated carbocycles. The third kappa shape index (κ3) is 4.42. The number of nitrogens with one attached hydrogen (secondary N) is 1. The second kappa shape index (κ2) is 7.76. The standard InChI is InChI=1S/C18H17N3O2/c1-13-8-14(5-6-17(13)23-2)9-16(10-19)18(22)21-12-15-4-3-7-20-11-15/h3-9,11H,12H2,1-2H3,(H,21,22)/b16-9+. The topological polar surface area (TPSA) is 75.0 Å². The van der Waals surface area contributed by atoms with Gasteiger partial charge >= 0.3 is 0 Å². The van der Waals surface area contributed by atoms with Crippen LogP contribution in [0.2, 0.25) is 0 Å². The van der Waals surface area contributed by atoms with Crippen LogP contribution in [0.1, 0.15) is 16.7 Å². The van der Waals surface area contributed by atoms with E-state index in [0.717, 1.165) is 22.4 Å². The zero-order valence-corrected chi connectivity index (χ0v) is 13.0. The normalized spacial score (nSPS) is 10.7. The molecule has 23 heavy (non-hydrogen) atoms. The Bertz CT molecular complexity index is 762. The Morgan fingerprint density at radius 2 is 2.26 bits per heavy atom. The molecule has 1 heterocycles. The summed E-state index contributed by atoms with van der Waals surface area (Å²) >= 11 is 0. The summed E-state index contributed by atoms with van der Waals surface area (Å²) in [5, 5.41) is 11.9. The molecular formula is C18H17N3O2. The Hall–Kier alpha value is -3.13.